The second kappa shape index (κ2) is 9.21. The number of hydrogen-bond donors (Lipinski definition) is 0. The number of halogens is 1. The molecule has 0 aliphatic carbocycles. The topological polar surface area (TPSA) is 62.6 Å². The number of fused-ring (bicyclic) bond motifs is 1. The first-order valence-corrected chi connectivity index (χ1v) is 11.4. The fraction of sp³-hybridized carbons (Fsp3) is 0.120. The molecule has 0 fully saturated rings. The minimum absolute atomic E-state index is 0.164. The van der Waals surface area contributed by atoms with Gasteiger partial charge in [0.15, 0.2) is 17.8 Å². The van der Waals surface area contributed by atoms with Gasteiger partial charge in [0.05, 0.1) is 13.7 Å². The van der Waals surface area contributed by atoms with Crippen molar-refractivity contribution in [2.75, 3.05) is 13.9 Å². The van der Waals surface area contributed by atoms with Gasteiger partial charge in [-0.3, -0.25) is 4.79 Å². The molecule has 4 aromatic rings. The quantitative estimate of drug-likeness (QED) is 0.306. The van der Waals surface area contributed by atoms with Crippen LogP contribution in [0.3, 0.4) is 0 Å². The van der Waals surface area contributed by atoms with Gasteiger partial charge in [-0.05, 0) is 35.9 Å². The largest absolute Gasteiger partial charge is 0.497 e. The van der Waals surface area contributed by atoms with Gasteiger partial charge in [0.1, 0.15) is 22.3 Å². The average molecular weight is 479 g/mol. The molecular formula is C25H19ClN2O4S. The van der Waals surface area contributed by atoms with Crippen LogP contribution in [0.15, 0.2) is 76.7 Å². The van der Waals surface area contributed by atoms with E-state index in [4.69, 9.17) is 30.8 Å². The third kappa shape index (κ3) is 4.29. The number of carbonyl (C=O) groups excluding carboxylic acids is 1. The zero-order valence-corrected chi connectivity index (χ0v) is 19.2. The molecular weight excluding hydrogens is 460 g/mol. The maximum absolute atomic E-state index is 12.3. The first-order chi connectivity index (χ1) is 16.2. The number of nitrogens with zero attached hydrogens (tertiary/aromatic N) is 2. The third-order valence-corrected chi connectivity index (χ3v) is 6.61. The Morgan fingerprint density at radius 3 is 2.52 bits per heavy atom. The van der Waals surface area contributed by atoms with Crippen LogP contribution in [0.4, 0.5) is 0 Å². The summed E-state index contributed by atoms with van der Waals surface area (Å²) >= 11 is 7.97. The summed E-state index contributed by atoms with van der Waals surface area (Å²) in [6.07, 6.45) is 0.839. The summed E-state index contributed by atoms with van der Waals surface area (Å²) in [6, 6.07) is 21.0. The normalized spacial score (nSPS) is 12.1. The summed E-state index contributed by atoms with van der Waals surface area (Å²) in [5, 5.41) is 1.15. The second-order valence-electron chi connectivity index (χ2n) is 7.27. The van der Waals surface area contributed by atoms with E-state index < -0.39 is 0 Å². The summed E-state index contributed by atoms with van der Waals surface area (Å²) in [5.74, 6) is 2.70. The Labute approximate surface area is 200 Å². The van der Waals surface area contributed by atoms with Crippen molar-refractivity contribution >= 4 is 29.6 Å². The molecule has 2 heterocycles. The van der Waals surface area contributed by atoms with E-state index in [1.165, 1.54) is 11.8 Å². The molecule has 0 atom stereocenters. The van der Waals surface area contributed by atoms with E-state index in [2.05, 4.69) is 0 Å². The van der Waals surface area contributed by atoms with Gasteiger partial charge in [-0.1, -0.05) is 53.7 Å². The molecule has 0 spiro atoms. The maximum Gasteiger partial charge on any atom is 0.231 e. The molecule has 0 radical (unpaired) electrons. The number of methoxy groups -OCH3 is 1. The first kappa shape index (κ1) is 21.4. The zero-order valence-electron chi connectivity index (χ0n) is 17.7. The first-order valence-electron chi connectivity index (χ1n) is 10.2. The number of rotatable bonds is 7. The van der Waals surface area contributed by atoms with Crippen molar-refractivity contribution in [2.24, 2.45) is 0 Å². The van der Waals surface area contributed by atoms with Gasteiger partial charge in [-0.25, -0.2) is 4.98 Å². The van der Waals surface area contributed by atoms with Gasteiger partial charge >= 0.3 is 0 Å². The van der Waals surface area contributed by atoms with E-state index in [-0.39, 0.29) is 6.79 Å². The summed E-state index contributed by atoms with van der Waals surface area (Å²) in [5.41, 5.74) is 2.18. The molecule has 3 aromatic carbocycles. The van der Waals surface area contributed by atoms with Gasteiger partial charge < -0.3 is 18.8 Å². The Kier molecular flexibility index (Phi) is 5.98. The van der Waals surface area contributed by atoms with Gasteiger partial charge in [0, 0.05) is 21.5 Å². The van der Waals surface area contributed by atoms with E-state index >= 15 is 0 Å². The molecule has 8 heteroatoms. The highest BCUT2D eigenvalue weighted by molar-refractivity contribution is 7.99. The lowest BCUT2D eigenvalue weighted by atomic mass is 10.1. The lowest BCUT2D eigenvalue weighted by Gasteiger charge is -2.12. The fourth-order valence-electron chi connectivity index (χ4n) is 3.61. The molecule has 5 rings (SSSR count). The van der Waals surface area contributed by atoms with E-state index in [0.717, 1.165) is 28.1 Å². The monoisotopic (exact) mass is 478 g/mol. The summed E-state index contributed by atoms with van der Waals surface area (Å²) in [6.45, 7) is 0.516. The van der Waals surface area contributed by atoms with Crippen LogP contribution < -0.4 is 14.2 Å². The molecule has 1 aromatic heterocycles. The molecule has 33 heavy (non-hydrogen) atoms. The highest BCUT2D eigenvalue weighted by atomic mass is 35.5. The van der Waals surface area contributed by atoms with E-state index in [1.807, 2.05) is 65.2 Å². The van der Waals surface area contributed by atoms with Crippen molar-refractivity contribution in [3.05, 3.63) is 83.0 Å². The Hall–Kier alpha value is -3.42. The van der Waals surface area contributed by atoms with Crippen LogP contribution in [0.25, 0.3) is 11.4 Å². The number of carbonyl (C=O) groups is 1. The van der Waals surface area contributed by atoms with E-state index in [0.29, 0.717) is 39.6 Å². The van der Waals surface area contributed by atoms with Gasteiger partial charge in [-0.2, -0.15) is 0 Å². The minimum Gasteiger partial charge on any atom is -0.497 e. The van der Waals surface area contributed by atoms with Crippen molar-refractivity contribution in [3.8, 4) is 28.6 Å². The summed E-state index contributed by atoms with van der Waals surface area (Å²) in [7, 11) is 1.63. The zero-order chi connectivity index (χ0) is 22.8. The molecule has 0 unspecified atom stereocenters. The number of aromatic nitrogens is 2. The molecule has 0 saturated carbocycles. The SMILES string of the molecule is COc1ccc(Sc2nc(-c3ccccc3)n(Cc3cc4c(cc3Cl)OCO4)c2C=O)cc1. The maximum atomic E-state index is 12.3. The van der Waals surface area contributed by atoms with Crippen LogP contribution in [0.1, 0.15) is 16.1 Å². The fourth-order valence-corrected chi connectivity index (χ4v) is 4.71. The minimum atomic E-state index is 0.164. The van der Waals surface area contributed by atoms with Gasteiger partial charge in [0.2, 0.25) is 6.79 Å². The third-order valence-electron chi connectivity index (χ3n) is 5.26. The highest BCUT2D eigenvalue weighted by Crippen LogP contribution is 2.39. The average Bonchev–Trinajstić information content (AvgIpc) is 3.44. The number of ether oxygens (including phenoxy) is 3. The van der Waals surface area contributed by atoms with Crippen molar-refractivity contribution in [2.45, 2.75) is 16.5 Å². The van der Waals surface area contributed by atoms with Crippen molar-refractivity contribution < 1.29 is 19.0 Å². The Bertz CT molecular complexity index is 1310. The Morgan fingerprint density at radius 2 is 1.82 bits per heavy atom. The van der Waals surface area contributed by atoms with Crippen molar-refractivity contribution in [1.82, 2.24) is 9.55 Å². The molecule has 0 amide bonds. The molecule has 0 N–H and O–H groups in total. The number of aldehydes is 1. The number of imidazole rings is 1. The lowest BCUT2D eigenvalue weighted by Crippen LogP contribution is -2.07. The molecule has 1 aliphatic rings. The molecule has 166 valence electrons. The highest BCUT2D eigenvalue weighted by Gasteiger charge is 2.22. The van der Waals surface area contributed by atoms with Crippen LogP contribution in [0.2, 0.25) is 5.02 Å². The summed E-state index contributed by atoms with van der Waals surface area (Å²) in [4.78, 5) is 18.1. The predicted molar refractivity (Wildman–Crippen MR) is 127 cm³/mol. The van der Waals surface area contributed by atoms with Crippen molar-refractivity contribution in [1.29, 1.82) is 0 Å². The molecule has 0 saturated heterocycles. The smallest absolute Gasteiger partial charge is 0.231 e. The van der Waals surface area contributed by atoms with E-state index in [9.17, 15) is 4.79 Å². The number of hydrogen-bond acceptors (Lipinski definition) is 6. The molecule has 0 bridgehead atoms. The van der Waals surface area contributed by atoms with Crippen LogP contribution >= 0.6 is 23.4 Å². The van der Waals surface area contributed by atoms with Crippen LogP contribution in [0.5, 0.6) is 17.2 Å². The lowest BCUT2D eigenvalue weighted by molar-refractivity contribution is 0.111. The summed E-state index contributed by atoms with van der Waals surface area (Å²) < 4.78 is 18.1. The Morgan fingerprint density at radius 1 is 1.09 bits per heavy atom. The second-order valence-corrected chi connectivity index (χ2v) is 8.74. The Balaban J connectivity index is 1.58. The van der Waals surface area contributed by atoms with Gasteiger partial charge in [0.25, 0.3) is 0 Å². The van der Waals surface area contributed by atoms with E-state index in [1.54, 1.807) is 13.2 Å². The van der Waals surface area contributed by atoms with Crippen LogP contribution in [0, 0.1) is 0 Å². The van der Waals surface area contributed by atoms with Crippen LogP contribution in [-0.2, 0) is 6.54 Å². The van der Waals surface area contributed by atoms with Crippen LogP contribution in [-0.4, -0.2) is 29.7 Å². The van der Waals surface area contributed by atoms with Crippen molar-refractivity contribution in [3.63, 3.8) is 0 Å². The number of benzene rings is 3. The standard InChI is InChI=1S/C25H19ClN2O4S/c1-30-18-7-9-19(10-8-18)33-25-21(14-29)28(24(27-25)16-5-3-2-4-6-16)13-17-11-22-23(12-20(17)26)32-15-31-22/h2-12,14H,13,15H2,1H3. The predicted octanol–water partition coefficient (Wildman–Crippen LogP) is 5.95. The van der Waals surface area contributed by atoms with Gasteiger partial charge in [-0.15, -0.1) is 0 Å². The molecule has 1 aliphatic heterocycles. The molecule has 6 nitrogen and oxygen atoms in total.